The molecule has 2 aromatic carbocycles. The molecule has 0 radical (unpaired) electrons. The second-order valence-corrected chi connectivity index (χ2v) is 19.3. The van der Waals surface area contributed by atoms with Gasteiger partial charge in [-0.05, 0) is 104 Å². The van der Waals surface area contributed by atoms with E-state index in [1.165, 1.54) is 20.9 Å². The average molecular weight is 929 g/mol. The van der Waals surface area contributed by atoms with Crippen LogP contribution in [0.5, 0.6) is 5.75 Å². The number of carbonyl (C=O) groups is 5. The highest BCUT2D eigenvalue weighted by molar-refractivity contribution is 5.98. The van der Waals surface area contributed by atoms with Crippen LogP contribution in [0.15, 0.2) is 66.4 Å². The number of methoxy groups -OCH3 is 1. The molecule has 360 valence electrons. The van der Waals surface area contributed by atoms with Crippen molar-refractivity contribution in [2.24, 2.45) is 17.3 Å². The fourth-order valence-electron chi connectivity index (χ4n) is 10.1. The highest BCUT2D eigenvalue weighted by Gasteiger charge is 2.41. The summed E-state index contributed by atoms with van der Waals surface area (Å²) >= 11 is 0. The molecule has 0 saturated carbocycles. The predicted molar refractivity (Wildman–Crippen MR) is 256 cm³/mol. The molecule has 7 rings (SSSR count). The van der Waals surface area contributed by atoms with E-state index in [2.05, 4.69) is 54.3 Å². The Labute approximate surface area is 398 Å². The number of hydrazine groups is 1. The first-order chi connectivity index (χ1) is 32.5. The van der Waals surface area contributed by atoms with E-state index in [0.717, 1.165) is 39.0 Å². The van der Waals surface area contributed by atoms with Crippen molar-refractivity contribution in [1.82, 2.24) is 35.1 Å². The van der Waals surface area contributed by atoms with Crippen LogP contribution in [0.3, 0.4) is 0 Å². The number of aromatic hydroxyl groups is 1. The van der Waals surface area contributed by atoms with Gasteiger partial charge in [0.25, 0.3) is 11.8 Å². The number of carbonyl (C=O) groups excluding carboxylic acids is 5. The molecule has 0 spiro atoms. The van der Waals surface area contributed by atoms with Crippen molar-refractivity contribution in [3.63, 3.8) is 0 Å². The molecular weight excluding hydrogens is 865 g/mol. The number of pyridine rings is 1. The van der Waals surface area contributed by atoms with Crippen LogP contribution in [-0.4, -0.2) is 118 Å². The minimum absolute atomic E-state index is 0.000635. The number of esters is 1. The van der Waals surface area contributed by atoms with Crippen molar-refractivity contribution >= 4 is 40.5 Å². The third-order valence-electron chi connectivity index (χ3n) is 13.4. The first-order valence-corrected chi connectivity index (χ1v) is 23.6. The molecule has 3 N–H and O–H groups in total. The zero-order valence-electron chi connectivity index (χ0n) is 40.4. The van der Waals surface area contributed by atoms with Gasteiger partial charge in [-0.2, -0.15) is 5.26 Å². The minimum Gasteiger partial charge on any atom is -0.508 e. The number of phenolic OH excluding ortho intramolecular Hbond substituents is 1. The number of hydrogen-bond acceptors (Lipinski definition) is 11. The Morgan fingerprint density at radius 2 is 1.90 bits per heavy atom. The summed E-state index contributed by atoms with van der Waals surface area (Å²) in [4.78, 5) is 77.8. The Kier molecular flexibility index (Phi) is 15.1. The van der Waals surface area contributed by atoms with E-state index in [1.807, 2.05) is 38.1 Å². The molecule has 16 heteroatoms. The number of rotatable bonds is 10. The van der Waals surface area contributed by atoms with Gasteiger partial charge in [-0.25, -0.2) is 5.43 Å². The molecule has 16 nitrogen and oxygen atoms in total. The van der Waals surface area contributed by atoms with Crippen molar-refractivity contribution in [3.05, 3.63) is 83.2 Å². The highest BCUT2D eigenvalue weighted by atomic mass is 16.5. The number of hydrogen-bond donors (Lipinski definition) is 3. The third kappa shape index (κ3) is 10.3. The van der Waals surface area contributed by atoms with Crippen molar-refractivity contribution in [2.75, 3.05) is 40.4 Å². The van der Waals surface area contributed by atoms with Crippen LogP contribution < -0.4 is 10.7 Å². The number of phenols is 1. The average Bonchev–Trinajstić information content (AvgIpc) is 3.93. The smallest absolute Gasteiger partial charge is 0.324 e. The molecule has 3 aliphatic rings. The van der Waals surface area contributed by atoms with E-state index in [1.54, 1.807) is 39.4 Å². The Balaban J connectivity index is 1.28. The summed E-state index contributed by atoms with van der Waals surface area (Å²) in [7, 11) is 3.20. The van der Waals surface area contributed by atoms with Crippen molar-refractivity contribution in [2.45, 2.75) is 105 Å². The quantitative estimate of drug-likeness (QED) is 0.100. The Hall–Kier alpha value is -6.57. The third-order valence-corrected chi connectivity index (χ3v) is 13.4. The molecule has 1 unspecified atom stereocenters. The maximum Gasteiger partial charge on any atom is 0.324 e. The largest absolute Gasteiger partial charge is 0.508 e. The van der Waals surface area contributed by atoms with Crippen LogP contribution in [0.1, 0.15) is 77.6 Å². The zero-order chi connectivity index (χ0) is 49.0. The van der Waals surface area contributed by atoms with Gasteiger partial charge in [-0.15, -0.1) is 0 Å². The second kappa shape index (κ2) is 20.7. The first kappa shape index (κ1) is 49.3. The summed E-state index contributed by atoms with van der Waals surface area (Å²) in [6.45, 7) is 13.2. The van der Waals surface area contributed by atoms with Gasteiger partial charge in [-0.3, -0.25) is 34.0 Å². The first-order valence-electron chi connectivity index (χ1n) is 23.6. The minimum atomic E-state index is -1.19. The summed E-state index contributed by atoms with van der Waals surface area (Å²) in [5, 5.41) is 26.1. The van der Waals surface area contributed by atoms with Gasteiger partial charge >= 0.3 is 5.97 Å². The number of aromatic nitrogens is 2. The molecule has 4 amide bonds. The Morgan fingerprint density at radius 3 is 2.60 bits per heavy atom. The lowest BCUT2D eigenvalue weighted by Crippen LogP contribution is -2.62. The lowest BCUT2D eigenvalue weighted by molar-refractivity contribution is -0.155. The monoisotopic (exact) mass is 928 g/mol. The molecule has 2 saturated heterocycles. The van der Waals surface area contributed by atoms with E-state index in [9.17, 15) is 34.3 Å². The summed E-state index contributed by atoms with van der Waals surface area (Å²) in [5.41, 5.74) is 9.43. The number of ether oxygens (including phenoxy) is 2. The molecule has 0 aliphatic carbocycles. The molecule has 68 heavy (non-hydrogen) atoms. The number of likely N-dealkylation sites (tertiary alicyclic amines) is 1. The van der Waals surface area contributed by atoms with Crippen LogP contribution in [0.2, 0.25) is 0 Å². The van der Waals surface area contributed by atoms with Crippen LogP contribution in [0.4, 0.5) is 0 Å². The summed E-state index contributed by atoms with van der Waals surface area (Å²) < 4.78 is 14.0. The van der Waals surface area contributed by atoms with E-state index in [-0.39, 0.29) is 49.3 Å². The molecule has 4 atom stereocenters. The highest BCUT2D eigenvalue weighted by Crippen LogP contribution is 2.41. The number of fused-ring (bicyclic) bond motifs is 6. The van der Waals surface area contributed by atoms with E-state index < -0.39 is 53.1 Å². The molecule has 6 bridgehead atoms. The number of nitrogens with zero attached hydrogens (tertiary/aromatic N) is 6. The topological polar surface area (TPSA) is 199 Å². The number of likely N-dealkylation sites (N-methyl/N-ethyl adjacent to an activating group) is 1. The summed E-state index contributed by atoms with van der Waals surface area (Å²) in [5.74, 6) is -3.33. The molecule has 4 aromatic rings. The van der Waals surface area contributed by atoms with Gasteiger partial charge < -0.3 is 34.3 Å². The van der Waals surface area contributed by atoms with Crippen molar-refractivity contribution in [3.8, 4) is 34.2 Å². The van der Waals surface area contributed by atoms with Crippen LogP contribution in [0, 0.1) is 28.6 Å². The van der Waals surface area contributed by atoms with Crippen LogP contribution >= 0.6 is 0 Å². The predicted octanol–water partition coefficient (Wildman–Crippen LogP) is 5.69. The van der Waals surface area contributed by atoms with Gasteiger partial charge in [0, 0.05) is 74.8 Å². The lowest BCUT2D eigenvalue weighted by atomic mass is 9.84. The summed E-state index contributed by atoms with van der Waals surface area (Å²) in [6.07, 6.45) is 4.99. The fourth-order valence-corrected chi connectivity index (χ4v) is 10.1. The second-order valence-electron chi connectivity index (χ2n) is 19.3. The van der Waals surface area contributed by atoms with Gasteiger partial charge in [0.2, 0.25) is 11.8 Å². The van der Waals surface area contributed by atoms with E-state index in [0.29, 0.717) is 56.5 Å². The standard InChI is InChI=1S/C52H64N8O8/c1-9-33(27-53)49(64)58-20-17-35(28-58)48(63)57(7)45(31(3)4)47(62)55-42-23-32-21-36(24-37(61)22-32)34-15-16-44-39(25-34)40(46(59(44)10-2)38-13-11-18-54-43(38)29-67-8)26-52(5,6)30-68-51(66)41-14-12-19-60(56-41)50(42)65/h9,11,13,15-16,18,21-22,24-25,31,35,41-42,45,56,61H,10,12,14,17,19-20,23,26,28-30H2,1-8H3,(H,55,62)/b33-9+/t35-,41-,42-,45?/m0/s1. The van der Waals surface area contributed by atoms with Crippen molar-refractivity contribution < 1.29 is 38.6 Å². The van der Waals surface area contributed by atoms with E-state index in [4.69, 9.17) is 14.5 Å². The normalized spacial score (nSPS) is 20.4. The van der Waals surface area contributed by atoms with Gasteiger partial charge in [0.15, 0.2) is 0 Å². The Morgan fingerprint density at radius 1 is 1.12 bits per heavy atom. The van der Waals surface area contributed by atoms with Crippen LogP contribution in [0.25, 0.3) is 33.3 Å². The zero-order valence-corrected chi connectivity index (χ0v) is 40.4. The number of allylic oxidation sites excluding steroid dienone is 1. The lowest BCUT2D eigenvalue weighted by Gasteiger charge is -2.37. The number of aryl methyl sites for hydroxylation is 1. The molecule has 2 fully saturated rings. The molecule has 2 aromatic heterocycles. The number of nitriles is 1. The summed E-state index contributed by atoms with van der Waals surface area (Å²) in [6, 6.07) is 14.2. The molecule has 3 aliphatic heterocycles. The maximum atomic E-state index is 14.7. The van der Waals surface area contributed by atoms with Gasteiger partial charge in [-0.1, -0.05) is 45.9 Å². The van der Waals surface area contributed by atoms with Crippen LogP contribution in [-0.2, 0) is 59.4 Å². The number of amides is 4. The molecule has 5 heterocycles. The van der Waals surface area contributed by atoms with Gasteiger partial charge in [0.05, 0.1) is 30.5 Å². The maximum absolute atomic E-state index is 14.7. The van der Waals surface area contributed by atoms with Gasteiger partial charge in [0.1, 0.15) is 35.5 Å². The van der Waals surface area contributed by atoms with E-state index >= 15 is 0 Å². The number of cyclic esters (lactones) is 1. The van der Waals surface area contributed by atoms with Crippen molar-refractivity contribution in [1.29, 1.82) is 5.26 Å². The SMILES string of the molecule is C/C=C(\C#N)C(=O)N1CC[C@H](C(=O)N(C)C(C(=O)N[C@H]2Cc3cc(O)cc(c3)-c3ccc4c(c3)c(c(-c3cccnc3COC)n4CC)CC(C)(C)COC(=O)[C@@H]3CCCN(N3)C2=O)C(C)C)C1. The number of benzene rings is 2. The fraction of sp³-hybridized carbons (Fsp3) is 0.481. The Bertz CT molecular complexity index is 2660. The number of nitrogens with one attached hydrogen (secondary N) is 2. The molecular formula is C52H64N8O8.